The lowest BCUT2D eigenvalue weighted by molar-refractivity contribution is -0.394. The average molecular weight is 285 g/mol. The van der Waals surface area contributed by atoms with Gasteiger partial charge in [0.25, 0.3) is 0 Å². The first-order chi connectivity index (χ1) is 9.38. The van der Waals surface area contributed by atoms with Gasteiger partial charge in [0.1, 0.15) is 5.69 Å². The summed E-state index contributed by atoms with van der Waals surface area (Å²) >= 11 is 0. The van der Waals surface area contributed by atoms with Gasteiger partial charge in [-0.15, -0.1) is 0 Å². The molecule has 0 saturated carbocycles. The van der Waals surface area contributed by atoms with Gasteiger partial charge in [-0.05, 0) is 0 Å². The summed E-state index contributed by atoms with van der Waals surface area (Å²) < 4.78 is 9.19. The summed E-state index contributed by atoms with van der Waals surface area (Å²) in [6.45, 7) is 0. The number of nitro groups is 2. The van der Waals surface area contributed by atoms with Crippen LogP contribution < -0.4 is 10.1 Å². The maximum atomic E-state index is 11.7. The van der Waals surface area contributed by atoms with Gasteiger partial charge in [0.05, 0.1) is 24.1 Å². The summed E-state index contributed by atoms with van der Waals surface area (Å²) in [5, 5.41) is 24.6. The third-order valence-electron chi connectivity index (χ3n) is 2.48. The van der Waals surface area contributed by atoms with Crippen LogP contribution in [0.2, 0.25) is 0 Å². The average Bonchev–Trinajstić information content (AvgIpc) is 2.43. The largest absolute Gasteiger partial charge is 0.490 e. The van der Waals surface area contributed by atoms with E-state index < -0.39 is 32.8 Å². The molecule has 0 bridgehead atoms. The molecule has 108 valence electrons. The molecule has 1 N–H and O–H groups in total. The van der Waals surface area contributed by atoms with Crippen LogP contribution in [0.4, 0.5) is 17.1 Å². The Balaban J connectivity index is 3.90. The minimum atomic E-state index is -1.20. The molecule has 1 aromatic rings. The highest BCUT2D eigenvalue weighted by Crippen LogP contribution is 2.42. The highest BCUT2D eigenvalue weighted by atomic mass is 16.6. The number of benzene rings is 1. The number of hydrogen-bond donors (Lipinski definition) is 1. The number of nitrogens with one attached hydrogen (secondary N) is 1. The Morgan fingerprint density at radius 2 is 1.75 bits per heavy atom. The molecular weight excluding hydrogens is 274 g/mol. The molecular formula is C10H11N3O7. The number of carbonyl (C=O) groups is 1. The van der Waals surface area contributed by atoms with Gasteiger partial charge in [-0.25, -0.2) is 4.79 Å². The summed E-state index contributed by atoms with van der Waals surface area (Å²) in [4.78, 5) is 32.0. The Morgan fingerprint density at radius 3 is 2.10 bits per heavy atom. The molecule has 10 heteroatoms. The summed E-state index contributed by atoms with van der Waals surface area (Å²) in [5.74, 6) is -1.48. The molecule has 0 unspecified atom stereocenters. The Bertz CT molecular complexity index is 544. The summed E-state index contributed by atoms with van der Waals surface area (Å²) in [5.41, 5.74) is -2.43. The normalized spacial score (nSPS) is 9.75. The molecule has 0 radical (unpaired) electrons. The van der Waals surface area contributed by atoms with Gasteiger partial charge in [0.15, 0.2) is 5.75 Å². The molecule has 10 nitrogen and oxygen atoms in total. The van der Waals surface area contributed by atoms with Gasteiger partial charge in [0.2, 0.25) is 5.56 Å². The fraction of sp³-hybridized carbons (Fsp3) is 0.300. The van der Waals surface area contributed by atoms with Gasteiger partial charge in [-0.2, -0.15) is 0 Å². The SMILES string of the molecule is CNc1cc(OC)c([N+](=O)[O-])c(C(=O)OC)c1[N+](=O)[O-]. The molecule has 1 rings (SSSR count). The maximum Gasteiger partial charge on any atom is 0.352 e. The van der Waals surface area contributed by atoms with Crippen molar-refractivity contribution in [2.45, 2.75) is 0 Å². The number of rotatable bonds is 5. The smallest absolute Gasteiger partial charge is 0.352 e. The molecule has 0 aliphatic rings. The summed E-state index contributed by atoms with van der Waals surface area (Å²) in [6, 6.07) is 1.07. The van der Waals surface area contributed by atoms with Crippen LogP contribution in [-0.4, -0.2) is 37.1 Å². The number of nitrogens with zero attached hydrogens (tertiary/aromatic N) is 2. The Morgan fingerprint density at radius 1 is 1.20 bits per heavy atom. The van der Waals surface area contributed by atoms with Gasteiger partial charge in [0, 0.05) is 13.1 Å². The maximum absolute atomic E-state index is 11.7. The lowest BCUT2D eigenvalue weighted by Gasteiger charge is -2.10. The van der Waals surface area contributed by atoms with Crippen LogP contribution in [0, 0.1) is 20.2 Å². The van der Waals surface area contributed by atoms with Gasteiger partial charge in [-0.1, -0.05) is 0 Å². The van der Waals surface area contributed by atoms with Crippen molar-refractivity contribution >= 4 is 23.0 Å². The molecule has 0 spiro atoms. The van der Waals surface area contributed by atoms with E-state index in [1.54, 1.807) is 0 Å². The van der Waals surface area contributed by atoms with Crippen LogP contribution in [0.3, 0.4) is 0 Å². The number of hydrogen-bond acceptors (Lipinski definition) is 8. The second kappa shape index (κ2) is 5.82. The molecule has 1 aromatic carbocycles. The van der Waals surface area contributed by atoms with Gasteiger partial charge >= 0.3 is 17.3 Å². The minimum absolute atomic E-state index is 0.0992. The van der Waals surface area contributed by atoms with E-state index in [0.29, 0.717) is 0 Å². The van der Waals surface area contributed by atoms with E-state index in [9.17, 15) is 25.0 Å². The Hall–Kier alpha value is -2.91. The third kappa shape index (κ3) is 2.43. The first-order valence-electron chi connectivity index (χ1n) is 5.18. The predicted molar refractivity (Wildman–Crippen MR) is 67.2 cm³/mol. The van der Waals surface area contributed by atoms with Crippen molar-refractivity contribution in [2.75, 3.05) is 26.6 Å². The number of carbonyl (C=O) groups excluding carboxylic acids is 1. The van der Waals surface area contributed by atoms with E-state index in [1.165, 1.54) is 7.05 Å². The van der Waals surface area contributed by atoms with Crippen LogP contribution >= 0.6 is 0 Å². The molecule has 20 heavy (non-hydrogen) atoms. The van der Waals surface area contributed by atoms with Crippen LogP contribution in [0.5, 0.6) is 5.75 Å². The third-order valence-corrected chi connectivity index (χ3v) is 2.48. The van der Waals surface area contributed by atoms with Crippen molar-refractivity contribution in [2.24, 2.45) is 0 Å². The monoisotopic (exact) mass is 285 g/mol. The number of anilines is 1. The van der Waals surface area contributed by atoms with E-state index in [2.05, 4.69) is 10.1 Å². The van der Waals surface area contributed by atoms with E-state index in [0.717, 1.165) is 20.3 Å². The molecule has 0 aliphatic carbocycles. The van der Waals surface area contributed by atoms with Crippen molar-refractivity contribution in [3.05, 3.63) is 31.9 Å². The zero-order chi connectivity index (χ0) is 15.4. The number of esters is 1. The fourth-order valence-corrected chi connectivity index (χ4v) is 1.65. The topological polar surface area (TPSA) is 134 Å². The molecule has 0 fully saturated rings. The van der Waals surface area contributed by atoms with Crippen molar-refractivity contribution in [1.82, 2.24) is 0 Å². The van der Waals surface area contributed by atoms with Crippen molar-refractivity contribution in [1.29, 1.82) is 0 Å². The molecule has 0 aliphatic heterocycles. The van der Waals surface area contributed by atoms with E-state index in [4.69, 9.17) is 4.74 Å². The van der Waals surface area contributed by atoms with Crippen molar-refractivity contribution in [3.63, 3.8) is 0 Å². The van der Waals surface area contributed by atoms with Crippen LogP contribution in [0.15, 0.2) is 6.07 Å². The highest BCUT2D eigenvalue weighted by molar-refractivity contribution is 6.02. The lowest BCUT2D eigenvalue weighted by Crippen LogP contribution is -2.12. The second-order valence-electron chi connectivity index (χ2n) is 3.45. The van der Waals surface area contributed by atoms with E-state index >= 15 is 0 Å². The summed E-state index contributed by atoms with van der Waals surface area (Å²) in [7, 11) is 3.48. The van der Waals surface area contributed by atoms with Crippen LogP contribution in [0.25, 0.3) is 0 Å². The lowest BCUT2D eigenvalue weighted by atomic mass is 10.1. The predicted octanol–water partition coefficient (Wildman–Crippen LogP) is 1.34. The molecule has 0 amide bonds. The number of methoxy groups -OCH3 is 2. The van der Waals surface area contributed by atoms with Crippen molar-refractivity contribution < 1.29 is 24.1 Å². The van der Waals surface area contributed by atoms with Crippen molar-refractivity contribution in [3.8, 4) is 5.75 Å². The van der Waals surface area contributed by atoms with Crippen LogP contribution in [-0.2, 0) is 4.74 Å². The standard InChI is InChI=1S/C10H11N3O7/c1-11-5-4-6(19-2)9(13(17)18)7(10(14)20-3)8(5)12(15)16/h4,11H,1-3H3. The van der Waals surface area contributed by atoms with E-state index in [-0.39, 0.29) is 11.4 Å². The first kappa shape index (κ1) is 15.1. The first-order valence-corrected chi connectivity index (χ1v) is 5.18. The molecule has 0 saturated heterocycles. The Labute approximate surface area is 112 Å². The minimum Gasteiger partial charge on any atom is -0.490 e. The Kier molecular flexibility index (Phi) is 4.41. The fourth-order valence-electron chi connectivity index (χ4n) is 1.65. The zero-order valence-corrected chi connectivity index (χ0v) is 10.8. The number of ether oxygens (including phenoxy) is 2. The highest BCUT2D eigenvalue weighted by Gasteiger charge is 2.38. The van der Waals surface area contributed by atoms with E-state index in [1.807, 2.05) is 0 Å². The zero-order valence-electron chi connectivity index (χ0n) is 10.8. The summed E-state index contributed by atoms with van der Waals surface area (Å²) in [6.07, 6.45) is 0. The van der Waals surface area contributed by atoms with Crippen LogP contribution in [0.1, 0.15) is 10.4 Å². The second-order valence-corrected chi connectivity index (χ2v) is 3.45. The molecule has 0 heterocycles. The van der Waals surface area contributed by atoms with Gasteiger partial charge < -0.3 is 14.8 Å². The quantitative estimate of drug-likeness (QED) is 0.486. The number of nitro benzene ring substituents is 2. The molecule has 0 aromatic heterocycles. The van der Waals surface area contributed by atoms with Gasteiger partial charge in [-0.3, -0.25) is 20.2 Å². The molecule has 0 atom stereocenters.